The van der Waals surface area contributed by atoms with Crippen molar-refractivity contribution in [1.29, 1.82) is 0 Å². The van der Waals surface area contributed by atoms with Crippen LogP contribution in [-0.2, 0) is 6.61 Å². The highest BCUT2D eigenvalue weighted by Gasteiger charge is 2.26. The number of thiazole rings is 1. The second kappa shape index (κ2) is 5.11. The Kier molecular flexibility index (Phi) is 3.47. The minimum atomic E-state index is -0.232. The lowest BCUT2D eigenvalue weighted by atomic mass is 9.92. The molecule has 1 atom stereocenters. The third-order valence-electron chi connectivity index (χ3n) is 4.01. The molecule has 3 heterocycles. The number of piperidine rings is 1. The van der Waals surface area contributed by atoms with Crippen LogP contribution in [0.1, 0.15) is 25.5 Å². The van der Waals surface area contributed by atoms with Crippen molar-refractivity contribution in [3.8, 4) is 0 Å². The summed E-state index contributed by atoms with van der Waals surface area (Å²) in [6.07, 6.45) is 3.68. The van der Waals surface area contributed by atoms with E-state index < -0.39 is 0 Å². The van der Waals surface area contributed by atoms with Gasteiger partial charge in [0.25, 0.3) is 0 Å². The number of hydrogen-bond acceptors (Lipinski definition) is 5. The quantitative estimate of drug-likeness (QED) is 0.895. The molecule has 2 N–H and O–H groups in total. The molecule has 104 valence electrons. The number of aliphatic hydroxyl groups is 2. The summed E-state index contributed by atoms with van der Waals surface area (Å²) in [6.45, 7) is 3.66. The van der Waals surface area contributed by atoms with Gasteiger partial charge < -0.3 is 15.1 Å². The summed E-state index contributed by atoms with van der Waals surface area (Å²) in [5.41, 5.74) is 0.867. The first kappa shape index (κ1) is 12.9. The summed E-state index contributed by atoms with van der Waals surface area (Å²) in [4.78, 5) is 7.78. The molecular formula is C13H19N3O2S. The SMILES string of the molecule is CC(O)C1CCN(c2nc3sccn3c2CO)CC1. The highest BCUT2D eigenvalue weighted by molar-refractivity contribution is 7.15. The van der Waals surface area contributed by atoms with E-state index in [1.54, 1.807) is 11.3 Å². The van der Waals surface area contributed by atoms with Crippen LogP contribution in [0.3, 0.4) is 0 Å². The fourth-order valence-corrected chi connectivity index (χ4v) is 3.54. The zero-order valence-corrected chi connectivity index (χ0v) is 11.8. The van der Waals surface area contributed by atoms with Crippen LogP contribution in [0.15, 0.2) is 11.6 Å². The first-order valence-electron chi connectivity index (χ1n) is 6.69. The highest BCUT2D eigenvalue weighted by Crippen LogP contribution is 2.29. The Morgan fingerprint density at radius 2 is 2.21 bits per heavy atom. The third-order valence-corrected chi connectivity index (χ3v) is 4.77. The molecule has 1 fully saturated rings. The lowest BCUT2D eigenvalue weighted by Crippen LogP contribution is -2.37. The van der Waals surface area contributed by atoms with Crippen LogP contribution in [0.25, 0.3) is 4.96 Å². The Bertz CT molecular complexity index is 555. The van der Waals surface area contributed by atoms with E-state index in [0.29, 0.717) is 5.92 Å². The molecule has 0 aromatic carbocycles. The number of fused-ring (bicyclic) bond motifs is 1. The molecule has 0 amide bonds. The first-order valence-corrected chi connectivity index (χ1v) is 7.57. The lowest BCUT2D eigenvalue weighted by Gasteiger charge is -2.33. The van der Waals surface area contributed by atoms with Gasteiger partial charge in [0.2, 0.25) is 0 Å². The summed E-state index contributed by atoms with van der Waals surface area (Å²) in [5, 5.41) is 21.2. The number of imidazole rings is 1. The van der Waals surface area contributed by atoms with Gasteiger partial charge in [-0.1, -0.05) is 0 Å². The van der Waals surface area contributed by atoms with E-state index in [9.17, 15) is 10.2 Å². The van der Waals surface area contributed by atoms with Gasteiger partial charge in [-0.2, -0.15) is 0 Å². The maximum Gasteiger partial charge on any atom is 0.195 e. The van der Waals surface area contributed by atoms with E-state index >= 15 is 0 Å². The Balaban J connectivity index is 1.83. The van der Waals surface area contributed by atoms with Crippen molar-refractivity contribution in [2.24, 2.45) is 5.92 Å². The fourth-order valence-electron chi connectivity index (χ4n) is 2.81. The van der Waals surface area contributed by atoms with Crippen LogP contribution >= 0.6 is 11.3 Å². The molecule has 1 unspecified atom stereocenters. The van der Waals surface area contributed by atoms with Crippen molar-refractivity contribution in [2.45, 2.75) is 32.5 Å². The van der Waals surface area contributed by atoms with Crippen LogP contribution in [-0.4, -0.2) is 38.8 Å². The Morgan fingerprint density at radius 1 is 1.47 bits per heavy atom. The van der Waals surface area contributed by atoms with E-state index in [-0.39, 0.29) is 12.7 Å². The molecule has 19 heavy (non-hydrogen) atoms. The van der Waals surface area contributed by atoms with Crippen molar-refractivity contribution in [1.82, 2.24) is 9.38 Å². The van der Waals surface area contributed by atoms with Crippen LogP contribution in [0, 0.1) is 5.92 Å². The van der Waals surface area contributed by atoms with Gasteiger partial charge in [-0.25, -0.2) is 4.98 Å². The van der Waals surface area contributed by atoms with Crippen LogP contribution in [0.2, 0.25) is 0 Å². The Labute approximate surface area is 116 Å². The minimum absolute atomic E-state index is 0.00354. The van der Waals surface area contributed by atoms with Crippen molar-refractivity contribution in [3.63, 3.8) is 0 Å². The minimum Gasteiger partial charge on any atom is -0.393 e. The van der Waals surface area contributed by atoms with Crippen LogP contribution in [0.5, 0.6) is 0 Å². The standard InChI is InChI=1S/C13H19N3O2S/c1-9(18)10-2-4-15(5-3-10)12-11(8-17)16-6-7-19-13(16)14-12/h6-7,9-10,17-18H,2-5,8H2,1H3. The molecule has 6 heteroatoms. The van der Waals surface area contributed by atoms with Gasteiger partial charge in [0.15, 0.2) is 10.8 Å². The molecule has 0 spiro atoms. The van der Waals surface area contributed by atoms with Gasteiger partial charge >= 0.3 is 0 Å². The fraction of sp³-hybridized carbons (Fsp3) is 0.615. The van der Waals surface area contributed by atoms with Gasteiger partial charge in [0, 0.05) is 24.7 Å². The summed E-state index contributed by atoms with van der Waals surface area (Å²) < 4.78 is 1.96. The number of anilines is 1. The number of aliphatic hydroxyl groups excluding tert-OH is 2. The van der Waals surface area contributed by atoms with Gasteiger partial charge in [0.05, 0.1) is 18.4 Å². The van der Waals surface area contributed by atoms with Gasteiger partial charge in [-0.05, 0) is 25.7 Å². The lowest BCUT2D eigenvalue weighted by molar-refractivity contribution is 0.109. The highest BCUT2D eigenvalue weighted by atomic mass is 32.1. The first-order chi connectivity index (χ1) is 9.20. The van der Waals surface area contributed by atoms with E-state index in [4.69, 9.17) is 0 Å². The van der Waals surface area contributed by atoms with Gasteiger partial charge in [-0.15, -0.1) is 11.3 Å². The Morgan fingerprint density at radius 3 is 2.84 bits per heavy atom. The molecular weight excluding hydrogens is 262 g/mol. The third kappa shape index (κ3) is 2.24. The molecule has 3 rings (SSSR count). The number of nitrogens with zero attached hydrogens (tertiary/aromatic N) is 3. The van der Waals surface area contributed by atoms with Crippen LogP contribution < -0.4 is 4.90 Å². The zero-order valence-electron chi connectivity index (χ0n) is 11.0. The topological polar surface area (TPSA) is 61.0 Å². The summed E-state index contributed by atoms with van der Waals surface area (Å²) >= 11 is 1.58. The molecule has 2 aromatic heterocycles. The van der Waals surface area contributed by atoms with Gasteiger partial charge in [-0.3, -0.25) is 4.40 Å². The van der Waals surface area contributed by atoms with Crippen molar-refractivity contribution in [2.75, 3.05) is 18.0 Å². The second-order valence-corrected chi connectivity index (χ2v) is 6.03. The molecule has 1 aliphatic heterocycles. The average molecular weight is 281 g/mol. The summed E-state index contributed by atoms with van der Waals surface area (Å²) in [5.74, 6) is 1.29. The average Bonchev–Trinajstić information content (AvgIpc) is 2.98. The summed E-state index contributed by atoms with van der Waals surface area (Å²) in [6, 6.07) is 0. The predicted molar refractivity (Wildman–Crippen MR) is 75.6 cm³/mol. The zero-order chi connectivity index (χ0) is 13.4. The smallest absolute Gasteiger partial charge is 0.195 e. The largest absolute Gasteiger partial charge is 0.393 e. The van der Waals surface area contributed by atoms with Crippen molar-refractivity contribution in [3.05, 3.63) is 17.3 Å². The number of rotatable bonds is 3. The van der Waals surface area contributed by atoms with Crippen molar-refractivity contribution >= 4 is 22.1 Å². The maximum atomic E-state index is 9.64. The van der Waals surface area contributed by atoms with Gasteiger partial charge in [0.1, 0.15) is 0 Å². The predicted octanol–water partition coefficient (Wildman–Crippen LogP) is 1.49. The van der Waals surface area contributed by atoms with Crippen LogP contribution in [0.4, 0.5) is 5.82 Å². The number of aromatic nitrogens is 2. The molecule has 0 saturated carbocycles. The number of hydrogen-bond donors (Lipinski definition) is 2. The van der Waals surface area contributed by atoms with E-state index in [2.05, 4.69) is 9.88 Å². The molecule has 0 radical (unpaired) electrons. The monoisotopic (exact) mass is 281 g/mol. The molecule has 1 saturated heterocycles. The van der Waals surface area contributed by atoms with E-state index in [1.165, 1.54) is 0 Å². The second-order valence-electron chi connectivity index (χ2n) is 5.16. The molecule has 2 aromatic rings. The molecule has 1 aliphatic rings. The van der Waals surface area contributed by atoms with E-state index in [1.807, 2.05) is 22.9 Å². The normalized spacial score (nSPS) is 19.2. The summed E-state index contributed by atoms with van der Waals surface area (Å²) in [7, 11) is 0. The molecule has 5 nitrogen and oxygen atoms in total. The van der Waals surface area contributed by atoms with Crippen molar-refractivity contribution < 1.29 is 10.2 Å². The molecule has 0 bridgehead atoms. The Hall–Kier alpha value is -1.11. The molecule has 0 aliphatic carbocycles. The van der Waals surface area contributed by atoms with E-state index in [0.717, 1.165) is 42.4 Å². The maximum absolute atomic E-state index is 9.64.